The van der Waals surface area contributed by atoms with Crippen LogP contribution in [0.5, 0.6) is 5.75 Å². The van der Waals surface area contributed by atoms with Crippen LogP contribution in [0.3, 0.4) is 0 Å². The smallest absolute Gasteiger partial charge is 0.119 e. The van der Waals surface area contributed by atoms with Gasteiger partial charge in [0.2, 0.25) is 0 Å². The predicted octanol–water partition coefficient (Wildman–Crippen LogP) is 4.44. The van der Waals surface area contributed by atoms with Gasteiger partial charge in [-0.15, -0.1) is 0 Å². The fourth-order valence-corrected chi connectivity index (χ4v) is 2.16. The van der Waals surface area contributed by atoms with Gasteiger partial charge in [0.1, 0.15) is 12.4 Å². The van der Waals surface area contributed by atoms with Gasteiger partial charge in [-0.2, -0.15) is 0 Å². The van der Waals surface area contributed by atoms with Gasteiger partial charge in [-0.1, -0.05) is 37.6 Å². The topological polar surface area (TPSA) is 21.3 Å². The molecule has 0 spiro atoms. The van der Waals surface area contributed by atoms with E-state index in [1.54, 1.807) is 0 Å². The zero-order chi connectivity index (χ0) is 14.2. The molecule has 0 aromatic heterocycles. The molecule has 0 heterocycles. The maximum absolute atomic E-state index is 5.73. The quantitative estimate of drug-likeness (QED) is 0.750. The Hall–Kier alpha value is -1.96. The molecule has 0 aliphatic heterocycles. The lowest BCUT2D eigenvalue weighted by Crippen LogP contribution is -2.11. The Balaban J connectivity index is 1.73. The van der Waals surface area contributed by atoms with Crippen molar-refractivity contribution >= 4 is 5.69 Å². The summed E-state index contributed by atoms with van der Waals surface area (Å²) in [6.45, 7) is 5.77. The summed E-state index contributed by atoms with van der Waals surface area (Å²) in [5.41, 5.74) is 3.78. The lowest BCUT2D eigenvalue weighted by Gasteiger charge is -2.09. The van der Waals surface area contributed by atoms with Gasteiger partial charge in [-0.25, -0.2) is 0 Å². The first kappa shape index (κ1) is 14.4. The summed E-state index contributed by atoms with van der Waals surface area (Å²) in [5, 5.41) is 3.36. The van der Waals surface area contributed by atoms with E-state index in [9.17, 15) is 0 Å². The van der Waals surface area contributed by atoms with E-state index >= 15 is 0 Å². The van der Waals surface area contributed by atoms with E-state index in [-0.39, 0.29) is 0 Å². The minimum atomic E-state index is 0.668. The average molecular weight is 269 g/mol. The fourth-order valence-electron chi connectivity index (χ4n) is 2.16. The van der Waals surface area contributed by atoms with Crippen LogP contribution in [0.2, 0.25) is 0 Å². The second kappa shape index (κ2) is 7.59. The lowest BCUT2D eigenvalue weighted by molar-refractivity contribution is 0.333. The first-order valence-corrected chi connectivity index (χ1v) is 7.30. The van der Waals surface area contributed by atoms with E-state index in [0.29, 0.717) is 6.61 Å². The summed E-state index contributed by atoms with van der Waals surface area (Å²) in [4.78, 5) is 0. The van der Waals surface area contributed by atoms with Crippen LogP contribution < -0.4 is 10.1 Å². The molecule has 0 bridgehead atoms. The third-order valence-corrected chi connectivity index (χ3v) is 3.18. The van der Waals surface area contributed by atoms with E-state index in [4.69, 9.17) is 4.74 Å². The summed E-state index contributed by atoms with van der Waals surface area (Å²) >= 11 is 0. The standard InChI is InChI=1S/C18H23NO/c1-3-5-16-8-10-18(11-9-16)20-13-12-19-17-7-4-6-15(2)14-17/h4,6-11,14,19H,3,5,12-13H2,1-2H3. The van der Waals surface area contributed by atoms with Crippen molar-refractivity contribution in [2.45, 2.75) is 26.7 Å². The lowest BCUT2D eigenvalue weighted by atomic mass is 10.1. The second-order valence-corrected chi connectivity index (χ2v) is 5.04. The van der Waals surface area contributed by atoms with Crippen LogP contribution >= 0.6 is 0 Å². The minimum absolute atomic E-state index is 0.668. The van der Waals surface area contributed by atoms with Crippen molar-refractivity contribution in [1.29, 1.82) is 0 Å². The van der Waals surface area contributed by atoms with E-state index in [2.05, 4.69) is 67.7 Å². The highest BCUT2D eigenvalue weighted by atomic mass is 16.5. The molecule has 2 aromatic rings. The molecule has 20 heavy (non-hydrogen) atoms. The second-order valence-electron chi connectivity index (χ2n) is 5.04. The van der Waals surface area contributed by atoms with Crippen molar-refractivity contribution in [3.8, 4) is 5.75 Å². The van der Waals surface area contributed by atoms with Crippen LogP contribution in [0.25, 0.3) is 0 Å². The highest BCUT2D eigenvalue weighted by Gasteiger charge is 1.96. The highest BCUT2D eigenvalue weighted by molar-refractivity contribution is 5.45. The van der Waals surface area contributed by atoms with E-state index in [0.717, 1.165) is 24.4 Å². The third-order valence-electron chi connectivity index (χ3n) is 3.18. The molecule has 0 unspecified atom stereocenters. The zero-order valence-electron chi connectivity index (χ0n) is 12.4. The summed E-state index contributed by atoms with van der Waals surface area (Å²) in [6.07, 6.45) is 2.32. The summed E-state index contributed by atoms with van der Waals surface area (Å²) < 4.78 is 5.73. The molecule has 0 fully saturated rings. The monoisotopic (exact) mass is 269 g/mol. The van der Waals surface area contributed by atoms with E-state index in [1.807, 2.05) is 0 Å². The molecule has 0 saturated carbocycles. The number of anilines is 1. The molecule has 2 heteroatoms. The van der Waals surface area contributed by atoms with Crippen LogP contribution in [0, 0.1) is 6.92 Å². The van der Waals surface area contributed by atoms with Crippen LogP contribution in [0.1, 0.15) is 24.5 Å². The SMILES string of the molecule is CCCc1ccc(OCCNc2cccc(C)c2)cc1. The van der Waals surface area contributed by atoms with E-state index in [1.165, 1.54) is 17.5 Å². The molecule has 2 rings (SSSR count). The van der Waals surface area contributed by atoms with Crippen molar-refractivity contribution in [3.05, 3.63) is 59.7 Å². The number of rotatable bonds is 7. The maximum atomic E-state index is 5.73. The third kappa shape index (κ3) is 4.61. The summed E-state index contributed by atoms with van der Waals surface area (Å²) in [7, 11) is 0. The van der Waals surface area contributed by atoms with Crippen molar-refractivity contribution in [1.82, 2.24) is 0 Å². The first-order valence-electron chi connectivity index (χ1n) is 7.30. The summed E-state index contributed by atoms with van der Waals surface area (Å²) in [6, 6.07) is 16.8. The van der Waals surface area contributed by atoms with E-state index < -0.39 is 0 Å². The van der Waals surface area contributed by atoms with Gasteiger partial charge < -0.3 is 10.1 Å². The molecule has 0 aliphatic carbocycles. The molecule has 0 atom stereocenters. The molecule has 0 amide bonds. The first-order chi connectivity index (χ1) is 9.78. The predicted molar refractivity (Wildman–Crippen MR) is 85.6 cm³/mol. The Kier molecular flexibility index (Phi) is 5.48. The number of ether oxygens (including phenoxy) is 1. The van der Waals surface area contributed by atoms with Crippen molar-refractivity contribution in [3.63, 3.8) is 0 Å². The fraction of sp³-hybridized carbons (Fsp3) is 0.333. The molecule has 1 N–H and O–H groups in total. The highest BCUT2D eigenvalue weighted by Crippen LogP contribution is 2.13. The number of benzene rings is 2. The molecule has 0 aliphatic rings. The molecule has 106 valence electrons. The summed E-state index contributed by atoms with van der Waals surface area (Å²) in [5.74, 6) is 0.941. The van der Waals surface area contributed by atoms with Crippen molar-refractivity contribution in [2.24, 2.45) is 0 Å². The number of nitrogens with one attached hydrogen (secondary N) is 1. The van der Waals surface area contributed by atoms with Gasteiger partial charge in [0.05, 0.1) is 0 Å². The molecular formula is C18H23NO. The van der Waals surface area contributed by atoms with Gasteiger partial charge in [0.15, 0.2) is 0 Å². The van der Waals surface area contributed by atoms with Crippen molar-refractivity contribution < 1.29 is 4.74 Å². The Morgan fingerprint density at radius 1 is 1.05 bits per heavy atom. The number of aryl methyl sites for hydroxylation is 2. The van der Waals surface area contributed by atoms with Crippen molar-refractivity contribution in [2.75, 3.05) is 18.5 Å². The zero-order valence-corrected chi connectivity index (χ0v) is 12.4. The minimum Gasteiger partial charge on any atom is -0.492 e. The number of hydrogen-bond donors (Lipinski definition) is 1. The molecule has 0 radical (unpaired) electrons. The van der Waals surface area contributed by atoms with Gasteiger partial charge in [-0.3, -0.25) is 0 Å². The average Bonchev–Trinajstić information content (AvgIpc) is 2.46. The van der Waals surface area contributed by atoms with Gasteiger partial charge >= 0.3 is 0 Å². The Morgan fingerprint density at radius 3 is 2.55 bits per heavy atom. The normalized spacial score (nSPS) is 10.3. The van der Waals surface area contributed by atoms with Gasteiger partial charge in [0, 0.05) is 12.2 Å². The van der Waals surface area contributed by atoms with Gasteiger partial charge in [0.25, 0.3) is 0 Å². The van der Waals surface area contributed by atoms with Gasteiger partial charge in [-0.05, 0) is 48.7 Å². The van der Waals surface area contributed by atoms with Crippen LogP contribution in [-0.2, 0) is 6.42 Å². The van der Waals surface area contributed by atoms with Crippen LogP contribution in [0.4, 0.5) is 5.69 Å². The van der Waals surface area contributed by atoms with Crippen LogP contribution in [0.15, 0.2) is 48.5 Å². The molecule has 2 nitrogen and oxygen atoms in total. The number of hydrogen-bond acceptors (Lipinski definition) is 2. The van der Waals surface area contributed by atoms with Crippen LogP contribution in [-0.4, -0.2) is 13.2 Å². The molecule has 0 saturated heterocycles. The Labute approximate surface area is 121 Å². The maximum Gasteiger partial charge on any atom is 0.119 e. The Bertz CT molecular complexity index is 519. The largest absolute Gasteiger partial charge is 0.492 e. The molecular weight excluding hydrogens is 246 g/mol. The molecule has 2 aromatic carbocycles. The Morgan fingerprint density at radius 2 is 1.85 bits per heavy atom.